The lowest BCUT2D eigenvalue weighted by atomic mass is 9.90. The van der Waals surface area contributed by atoms with Crippen molar-refractivity contribution in [1.29, 1.82) is 0 Å². The molecule has 1 unspecified atom stereocenters. The Bertz CT molecular complexity index is 1820. The molecule has 0 spiro atoms. The van der Waals surface area contributed by atoms with Gasteiger partial charge in [0.25, 0.3) is 0 Å². The van der Waals surface area contributed by atoms with Crippen LogP contribution in [0.5, 0.6) is 5.75 Å². The quantitative estimate of drug-likeness (QED) is 0.191. The van der Waals surface area contributed by atoms with E-state index in [0.29, 0.717) is 42.2 Å². The van der Waals surface area contributed by atoms with E-state index in [1.54, 1.807) is 31.8 Å². The number of amides is 1. The van der Waals surface area contributed by atoms with Crippen LogP contribution in [0.3, 0.4) is 0 Å². The van der Waals surface area contributed by atoms with Crippen LogP contribution in [0.15, 0.2) is 73.2 Å². The molecule has 1 fully saturated rings. The number of pyridine rings is 1. The van der Waals surface area contributed by atoms with Crippen molar-refractivity contribution in [2.45, 2.75) is 39.3 Å². The Kier molecular flexibility index (Phi) is 7.98. The van der Waals surface area contributed by atoms with Crippen molar-refractivity contribution in [3.05, 3.63) is 95.7 Å². The molecule has 6 rings (SSSR count). The van der Waals surface area contributed by atoms with Gasteiger partial charge < -0.3 is 20.7 Å². The Morgan fingerprint density at radius 3 is 2.51 bits per heavy atom. The summed E-state index contributed by atoms with van der Waals surface area (Å²) in [7, 11) is 1.56. The van der Waals surface area contributed by atoms with Gasteiger partial charge in [-0.1, -0.05) is 30.3 Å². The largest absolute Gasteiger partial charge is 0.496 e. The maximum Gasteiger partial charge on any atom is 0.220 e. The first-order valence-corrected chi connectivity index (χ1v) is 14.3. The number of aromatic nitrogens is 3. The number of nitrogens with zero attached hydrogens (tertiary/aromatic N) is 3. The molecule has 0 radical (unpaired) electrons. The first kappa shape index (κ1) is 28.2. The number of carbonyl (C=O) groups is 1. The molecular formula is C34H33FN6O2. The molecule has 9 heteroatoms. The monoisotopic (exact) mass is 576 g/mol. The third kappa shape index (κ3) is 5.76. The van der Waals surface area contributed by atoms with E-state index in [1.165, 1.54) is 0 Å². The highest BCUT2D eigenvalue weighted by Gasteiger charge is 2.21. The number of anilines is 2. The Balaban J connectivity index is 1.29. The molecule has 5 aromatic rings. The molecule has 1 aliphatic heterocycles. The van der Waals surface area contributed by atoms with Gasteiger partial charge in [0.2, 0.25) is 5.91 Å². The van der Waals surface area contributed by atoms with E-state index in [2.05, 4.69) is 56.9 Å². The lowest BCUT2D eigenvalue weighted by Gasteiger charge is -2.18. The minimum absolute atomic E-state index is 0.0624. The van der Waals surface area contributed by atoms with E-state index in [9.17, 15) is 4.79 Å². The Hall–Kier alpha value is -4.89. The molecule has 43 heavy (non-hydrogen) atoms. The maximum absolute atomic E-state index is 15.5. The Morgan fingerprint density at radius 2 is 1.72 bits per heavy atom. The third-order valence-electron chi connectivity index (χ3n) is 8.06. The number of fused-ring (bicyclic) bond motifs is 1. The molecule has 3 aromatic carbocycles. The number of carbonyl (C=O) groups excluding carboxylic acids is 1. The average Bonchev–Trinajstić information content (AvgIpc) is 3.44. The first-order valence-electron chi connectivity index (χ1n) is 14.3. The van der Waals surface area contributed by atoms with Gasteiger partial charge in [0.15, 0.2) is 5.82 Å². The van der Waals surface area contributed by atoms with E-state index in [4.69, 9.17) is 4.74 Å². The number of benzene rings is 3. The van der Waals surface area contributed by atoms with Gasteiger partial charge in [0.1, 0.15) is 17.1 Å². The van der Waals surface area contributed by atoms with Crippen LogP contribution in [0.4, 0.5) is 15.9 Å². The van der Waals surface area contributed by atoms with Gasteiger partial charge in [-0.3, -0.25) is 9.78 Å². The molecule has 3 heterocycles. The van der Waals surface area contributed by atoms with Gasteiger partial charge in [-0.2, -0.15) is 0 Å². The first-order chi connectivity index (χ1) is 20.9. The van der Waals surface area contributed by atoms with Crippen molar-refractivity contribution < 1.29 is 13.9 Å². The summed E-state index contributed by atoms with van der Waals surface area (Å²) in [6.07, 6.45) is 6.36. The van der Waals surface area contributed by atoms with Crippen LogP contribution in [0.2, 0.25) is 0 Å². The van der Waals surface area contributed by atoms with Gasteiger partial charge in [0, 0.05) is 55.4 Å². The Morgan fingerprint density at radius 1 is 0.953 bits per heavy atom. The van der Waals surface area contributed by atoms with Crippen LogP contribution in [0.25, 0.3) is 33.3 Å². The number of nitrogens with one attached hydrogen (secondary N) is 3. The molecule has 8 nitrogen and oxygen atoms in total. The fourth-order valence-corrected chi connectivity index (χ4v) is 5.74. The fraction of sp³-hybridized carbons (Fsp3) is 0.235. The second-order valence-electron chi connectivity index (χ2n) is 10.7. The van der Waals surface area contributed by atoms with Gasteiger partial charge in [0.05, 0.1) is 12.6 Å². The van der Waals surface area contributed by atoms with Crippen molar-refractivity contribution in [3.63, 3.8) is 0 Å². The highest BCUT2D eigenvalue weighted by molar-refractivity contribution is 5.89. The fourth-order valence-electron chi connectivity index (χ4n) is 5.74. The molecule has 0 saturated carbocycles. The summed E-state index contributed by atoms with van der Waals surface area (Å²) in [5, 5.41) is 9.64. The summed E-state index contributed by atoms with van der Waals surface area (Å²) in [5.74, 6) is 0.847. The minimum atomic E-state index is -0.338. The number of methoxy groups -OCH3 is 1. The summed E-state index contributed by atoms with van der Waals surface area (Å²) < 4.78 is 21.2. The van der Waals surface area contributed by atoms with Crippen molar-refractivity contribution in [3.8, 4) is 28.0 Å². The van der Waals surface area contributed by atoms with Crippen molar-refractivity contribution in [1.82, 2.24) is 25.6 Å². The topological polar surface area (TPSA) is 101 Å². The van der Waals surface area contributed by atoms with Gasteiger partial charge in [-0.25, -0.2) is 14.4 Å². The van der Waals surface area contributed by atoms with Crippen LogP contribution in [-0.4, -0.2) is 40.6 Å². The van der Waals surface area contributed by atoms with Crippen LogP contribution >= 0.6 is 0 Å². The van der Waals surface area contributed by atoms with Crippen LogP contribution in [-0.2, 0) is 11.3 Å². The highest BCUT2D eigenvalue weighted by atomic mass is 19.1. The predicted molar refractivity (Wildman–Crippen MR) is 167 cm³/mol. The summed E-state index contributed by atoms with van der Waals surface area (Å²) in [4.78, 5) is 24.8. The normalized spacial score (nSPS) is 14.6. The predicted octanol–water partition coefficient (Wildman–Crippen LogP) is 6.24. The molecule has 0 bridgehead atoms. The van der Waals surface area contributed by atoms with E-state index < -0.39 is 0 Å². The van der Waals surface area contributed by atoms with Gasteiger partial charge in [-0.15, -0.1) is 0 Å². The molecule has 1 atom stereocenters. The summed E-state index contributed by atoms with van der Waals surface area (Å²) in [6.45, 7) is 5.01. The average molecular weight is 577 g/mol. The summed E-state index contributed by atoms with van der Waals surface area (Å²) in [5.41, 5.74) is 8.70. The summed E-state index contributed by atoms with van der Waals surface area (Å²) in [6, 6.07) is 17.6. The molecule has 1 amide bonds. The smallest absolute Gasteiger partial charge is 0.220 e. The molecular weight excluding hydrogens is 543 g/mol. The van der Waals surface area contributed by atoms with E-state index in [0.717, 1.165) is 51.0 Å². The van der Waals surface area contributed by atoms with E-state index in [-0.39, 0.29) is 17.8 Å². The van der Waals surface area contributed by atoms with Gasteiger partial charge >= 0.3 is 0 Å². The Labute approximate surface area is 249 Å². The minimum Gasteiger partial charge on any atom is -0.496 e. The molecule has 218 valence electrons. The maximum atomic E-state index is 15.5. The summed E-state index contributed by atoms with van der Waals surface area (Å²) >= 11 is 0. The number of hydrogen-bond donors (Lipinski definition) is 3. The molecule has 1 aliphatic rings. The number of rotatable bonds is 9. The second kappa shape index (κ2) is 12.1. The van der Waals surface area contributed by atoms with Gasteiger partial charge in [-0.05, 0) is 77.9 Å². The standard InChI is InChI=1S/C34H33FN6O2/c1-20-24(22-16-28(35)27(31(17-22)43-3)19-36-18-23-10-11-32(42)40-23)6-4-7-25(20)26-8-5-9-29(21(26)2)41-34-33-30(12-13-39-34)37-14-15-38-33/h4-9,12-17,23,36H,10-11,18-19H2,1-3H3,(H,39,41)(H,40,42). The van der Waals surface area contributed by atoms with Crippen LogP contribution < -0.4 is 20.7 Å². The van der Waals surface area contributed by atoms with Crippen molar-refractivity contribution >= 4 is 28.4 Å². The van der Waals surface area contributed by atoms with Crippen LogP contribution in [0, 0.1) is 19.7 Å². The highest BCUT2D eigenvalue weighted by Crippen LogP contribution is 2.38. The third-order valence-corrected chi connectivity index (χ3v) is 8.06. The van der Waals surface area contributed by atoms with Crippen LogP contribution in [0.1, 0.15) is 29.5 Å². The number of ether oxygens (including phenoxy) is 1. The zero-order valence-corrected chi connectivity index (χ0v) is 24.4. The number of hydrogen-bond acceptors (Lipinski definition) is 7. The lowest BCUT2D eigenvalue weighted by Crippen LogP contribution is -2.35. The van der Waals surface area contributed by atoms with Crippen molar-refractivity contribution in [2.75, 3.05) is 19.0 Å². The van der Waals surface area contributed by atoms with E-state index in [1.807, 2.05) is 36.4 Å². The zero-order chi connectivity index (χ0) is 29.9. The second-order valence-corrected chi connectivity index (χ2v) is 10.7. The molecule has 3 N–H and O–H groups in total. The van der Waals surface area contributed by atoms with Crippen molar-refractivity contribution in [2.24, 2.45) is 0 Å². The number of halogens is 1. The molecule has 0 aliphatic carbocycles. The molecule has 1 saturated heterocycles. The lowest BCUT2D eigenvalue weighted by molar-refractivity contribution is -0.119. The molecule has 2 aromatic heterocycles. The zero-order valence-electron chi connectivity index (χ0n) is 24.4. The SMILES string of the molecule is COc1cc(-c2cccc(-c3cccc(Nc4nccc5nccnc45)c3C)c2C)cc(F)c1CNCC1CCC(=O)N1. The van der Waals surface area contributed by atoms with E-state index >= 15 is 4.39 Å².